The minimum atomic E-state index is 0.00500. The van der Waals surface area contributed by atoms with E-state index in [0.29, 0.717) is 12.2 Å². The Kier molecular flexibility index (Phi) is 2.53. The largest absolute Gasteiger partial charge is 0.390 e. The summed E-state index contributed by atoms with van der Waals surface area (Å²) in [6.45, 7) is 1.86. The van der Waals surface area contributed by atoms with Crippen molar-refractivity contribution in [3.8, 4) is 0 Å². The van der Waals surface area contributed by atoms with Gasteiger partial charge in [-0.1, -0.05) is 6.07 Å². The first kappa shape index (κ1) is 10.1. The molecule has 2 saturated heterocycles. The molecule has 4 nitrogen and oxygen atoms in total. The molecular weight excluding hydrogens is 204 g/mol. The Morgan fingerprint density at radius 2 is 2.06 bits per heavy atom. The van der Waals surface area contributed by atoms with Crippen LogP contribution < -0.4 is 4.90 Å². The van der Waals surface area contributed by atoms with Crippen molar-refractivity contribution in [2.24, 2.45) is 0 Å². The molecular formula is C12H16N2O2. The molecule has 2 unspecified atom stereocenters. The minimum absolute atomic E-state index is 0.00500. The molecule has 3 heterocycles. The van der Waals surface area contributed by atoms with Gasteiger partial charge in [-0.2, -0.15) is 0 Å². The molecule has 1 aromatic heterocycles. The van der Waals surface area contributed by atoms with Crippen LogP contribution in [0.2, 0.25) is 0 Å². The zero-order chi connectivity index (χ0) is 11.0. The van der Waals surface area contributed by atoms with E-state index in [0.717, 1.165) is 24.6 Å². The lowest BCUT2D eigenvalue weighted by Gasteiger charge is -2.33. The van der Waals surface area contributed by atoms with Crippen molar-refractivity contribution in [1.29, 1.82) is 0 Å². The van der Waals surface area contributed by atoms with E-state index in [-0.39, 0.29) is 6.61 Å². The molecule has 0 aromatic carbocycles. The number of hydrogen-bond acceptors (Lipinski definition) is 4. The second-order valence-electron chi connectivity index (χ2n) is 4.51. The number of aliphatic hydroxyl groups excluding tert-OH is 1. The number of morpholine rings is 1. The predicted octanol–water partition coefficient (Wildman–Crippen LogP) is 0.942. The van der Waals surface area contributed by atoms with Gasteiger partial charge in [0.15, 0.2) is 0 Å². The summed E-state index contributed by atoms with van der Waals surface area (Å²) in [5.41, 5.74) is 0.733. The molecule has 4 heteroatoms. The fourth-order valence-electron chi connectivity index (χ4n) is 2.53. The standard InChI is InChI=1S/C12H16N2O2/c15-8-9-2-1-3-12(13-9)14-6-10-4-5-11(7-14)16-10/h1-3,10-11,15H,4-8H2. The molecule has 0 saturated carbocycles. The van der Waals surface area contributed by atoms with Crippen molar-refractivity contribution in [1.82, 2.24) is 4.98 Å². The lowest BCUT2D eigenvalue weighted by Crippen LogP contribution is -2.43. The van der Waals surface area contributed by atoms with Crippen LogP contribution in [0.1, 0.15) is 18.5 Å². The third-order valence-electron chi connectivity index (χ3n) is 3.32. The summed E-state index contributed by atoms with van der Waals surface area (Å²) in [6.07, 6.45) is 3.08. The van der Waals surface area contributed by atoms with Crippen LogP contribution in [0.25, 0.3) is 0 Å². The normalized spacial score (nSPS) is 28.4. The van der Waals surface area contributed by atoms with Gasteiger partial charge in [-0.3, -0.25) is 0 Å². The van der Waals surface area contributed by atoms with Gasteiger partial charge in [0.1, 0.15) is 5.82 Å². The number of rotatable bonds is 2. The van der Waals surface area contributed by atoms with E-state index in [2.05, 4.69) is 9.88 Å². The van der Waals surface area contributed by atoms with Gasteiger partial charge in [-0.05, 0) is 25.0 Å². The van der Waals surface area contributed by atoms with E-state index in [9.17, 15) is 0 Å². The highest BCUT2D eigenvalue weighted by Crippen LogP contribution is 2.28. The SMILES string of the molecule is OCc1cccc(N2CC3CCC(C2)O3)n1. The first-order chi connectivity index (χ1) is 7.85. The molecule has 0 amide bonds. The first-order valence-electron chi connectivity index (χ1n) is 5.82. The van der Waals surface area contributed by atoms with Gasteiger partial charge >= 0.3 is 0 Å². The molecule has 0 spiro atoms. The quantitative estimate of drug-likeness (QED) is 0.805. The number of aliphatic hydroxyl groups is 1. The number of fused-ring (bicyclic) bond motifs is 2. The second-order valence-corrected chi connectivity index (χ2v) is 4.51. The first-order valence-corrected chi connectivity index (χ1v) is 5.82. The fraction of sp³-hybridized carbons (Fsp3) is 0.583. The lowest BCUT2D eigenvalue weighted by molar-refractivity contribution is 0.0302. The molecule has 2 aliphatic rings. The smallest absolute Gasteiger partial charge is 0.129 e. The molecule has 16 heavy (non-hydrogen) atoms. The Morgan fingerprint density at radius 3 is 2.75 bits per heavy atom. The van der Waals surface area contributed by atoms with Gasteiger partial charge < -0.3 is 14.7 Å². The Balaban J connectivity index is 1.81. The van der Waals surface area contributed by atoms with Gasteiger partial charge in [-0.25, -0.2) is 4.98 Å². The highest BCUT2D eigenvalue weighted by Gasteiger charge is 2.34. The van der Waals surface area contributed by atoms with Gasteiger partial charge in [0.25, 0.3) is 0 Å². The summed E-state index contributed by atoms with van der Waals surface area (Å²) in [7, 11) is 0. The topological polar surface area (TPSA) is 45.6 Å². The Bertz CT molecular complexity index is 371. The number of aromatic nitrogens is 1. The van der Waals surface area contributed by atoms with Crippen LogP contribution in [0.4, 0.5) is 5.82 Å². The highest BCUT2D eigenvalue weighted by molar-refractivity contribution is 5.40. The van der Waals surface area contributed by atoms with Crippen LogP contribution in [0.5, 0.6) is 0 Å². The van der Waals surface area contributed by atoms with Crippen molar-refractivity contribution in [2.75, 3.05) is 18.0 Å². The third-order valence-corrected chi connectivity index (χ3v) is 3.32. The number of nitrogens with zero attached hydrogens (tertiary/aromatic N) is 2. The number of hydrogen-bond donors (Lipinski definition) is 1. The second kappa shape index (κ2) is 4.03. The van der Waals surface area contributed by atoms with E-state index >= 15 is 0 Å². The van der Waals surface area contributed by atoms with Gasteiger partial charge in [0.2, 0.25) is 0 Å². The molecule has 1 aromatic rings. The van der Waals surface area contributed by atoms with E-state index < -0.39 is 0 Å². The lowest BCUT2D eigenvalue weighted by atomic mass is 10.2. The van der Waals surface area contributed by atoms with E-state index in [1.54, 1.807) is 0 Å². The van der Waals surface area contributed by atoms with Crippen LogP contribution in [-0.2, 0) is 11.3 Å². The van der Waals surface area contributed by atoms with Gasteiger partial charge in [0.05, 0.1) is 24.5 Å². The monoisotopic (exact) mass is 220 g/mol. The van der Waals surface area contributed by atoms with Crippen molar-refractivity contribution < 1.29 is 9.84 Å². The van der Waals surface area contributed by atoms with Crippen LogP contribution >= 0.6 is 0 Å². The third kappa shape index (κ3) is 1.79. The van der Waals surface area contributed by atoms with Crippen molar-refractivity contribution >= 4 is 5.82 Å². The molecule has 86 valence electrons. The van der Waals surface area contributed by atoms with Gasteiger partial charge in [-0.15, -0.1) is 0 Å². The fourth-order valence-corrected chi connectivity index (χ4v) is 2.53. The maximum absolute atomic E-state index is 9.07. The number of anilines is 1. The maximum Gasteiger partial charge on any atom is 0.129 e. The van der Waals surface area contributed by atoms with Crippen LogP contribution in [0.3, 0.4) is 0 Å². The summed E-state index contributed by atoms with van der Waals surface area (Å²) in [5, 5.41) is 9.07. The molecule has 0 aliphatic carbocycles. The van der Waals surface area contributed by atoms with E-state index in [4.69, 9.17) is 9.84 Å². The van der Waals surface area contributed by atoms with E-state index in [1.165, 1.54) is 12.8 Å². The molecule has 1 N–H and O–H groups in total. The Morgan fingerprint density at radius 1 is 1.31 bits per heavy atom. The molecule has 3 rings (SSSR count). The Labute approximate surface area is 94.9 Å². The molecule has 2 fully saturated rings. The average molecular weight is 220 g/mol. The summed E-state index contributed by atoms with van der Waals surface area (Å²) in [4.78, 5) is 6.70. The van der Waals surface area contributed by atoms with Crippen molar-refractivity contribution in [2.45, 2.75) is 31.7 Å². The molecule has 2 bridgehead atoms. The molecule has 2 aliphatic heterocycles. The Hall–Kier alpha value is -1.13. The summed E-state index contributed by atoms with van der Waals surface area (Å²) >= 11 is 0. The van der Waals surface area contributed by atoms with Crippen LogP contribution in [0, 0.1) is 0 Å². The zero-order valence-corrected chi connectivity index (χ0v) is 9.17. The number of pyridine rings is 1. The van der Waals surface area contributed by atoms with Crippen molar-refractivity contribution in [3.05, 3.63) is 23.9 Å². The summed E-state index contributed by atoms with van der Waals surface area (Å²) < 4.78 is 5.79. The number of ether oxygens (including phenoxy) is 1. The zero-order valence-electron chi connectivity index (χ0n) is 9.17. The van der Waals surface area contributed by atoms with E-state index in [1.807, 2.05) is 18.2 Å². The van der Waals surface area contributed by atoms with Crippen molar-refractivity contribution in [3.63, 3.8) is 0 Å². The summed E-state index contributed by atoms with van der Waals surface area (Å²) in [6, 6.07) is 5.80. The highest BCUT2D eigenvalue weighted by atomic mass is 16.5. The molecule has 0 radical (unpaired) electrons. The summed E-state index contributed by atoms with van der Waals surface area (Å²) in [5.74, 6) is 0.965. The predicted molar refractivity (Wildman–Crippen MR) is 60.3 cm³/mol. The van der Waals surface area contributed by atoms with Crippen LogP contribution in [-0.4, -0.2) is 35.4 Å². The minimum Gasteiger partial charge on any atom is -0.390 e. The average Bonchev–Trinajstić information content (AvgIpc) is 2.68. The maximum atomic E-state index is 9.07. The van der Waals surface area contributed by atoms with Gasteiger partial charge in [0, 0.05) is 13.1 Å². The van der Waals surface area contributed by atoms with Crippen LogP contribution in [0.15, 0.2) is 18.2 Å². The molecule has 2 atom stereocenters.